The number of benzene rings is 3. The number of carbonyl (C=O) groups is 1. The van der Waals surface area contributed by atoms with E-state index >= 15 is 0 Å². The smallest absolute Gasteiger partial charge is 0.254 e. The summed E-state index contributed by atoms with van der Waals surface area (Å²) in [4.78, 5) is 14.9. The molecule has 1 saturated heterocycles. The summed E-state index contributed by atoms with van der Waals surface area (Å²) in [5.41, 5.74) is 1.96. The molecule has 172 valence electrons. The van der Waals surface area contributed by atoms with Gasteiger partial charge in [-0.3, -0.25) is 4.79 Å². The number of carbonyl (C=O) groups excluding carboxylic acids is 1. The van der Waals surface area contributed by atoms with E-state index in [0.717, 1.165) is 18.4 Å². The molecule has 1 heterocycles. The van der Waals surface area contributed by atoms with Gasteiger partial charge in [0.1, 0.15) is 17.4 Å². The highest BCUT2D eigenvalue weighted by molar-refractivity contribution is 5.94. The van der Waals surface area contributed by atoms with Crippen LogP contribution in [0.15, 0.2) is 72.8 Å². The number of amides is 1. The van der Waals surface area contributed by atoms with Gasteiger partial charge in [0, 0.05) is 31.7 Å². The zero-order valence-electron chi connectivity index (χ0n) is 18.4. The Hall–Kier alpha value is -3.25. The van der Waals surface area contributed by atoms with Crippen molar-refractivity contribution in [2.24, 2.45) is 0 Å². The fraction of sp³-hybridized carbons (Fsp3) is 0.296. The standard InChI is InChI=1S/C27H27F2NO3/c28-23-12-10-22(11-13-23)27(31)30(19-25-8-4-15-32-25)18-20-5-3-7-24(17-20)33-16-14-21-6-1-2-9-26(21)29/h1-3,5-7,9-13,17,25H,4,8,14-16,18-19H2. The molecule has 3 aromatic carbocycles. The van der Waals surface area contributed by atoms with E-state index in [1.807, 2.05) is 24.3 Å². The van der Waals surface area contributed by atoms with Crippen LogP contribution in [0, 0.1) is 11.6 Å². The van der Waals surface area contributed by atoms with Crippen molar-refractivity contribution in [2.45, 2.75) is 31.9 Å². The van der Waals surface area contributed by atoms with Crippen molar-refractivity contribution in [3.05, 3.63) is 101 Å². The number of nitrogens with zero attached hydrogens (tertiary/aromatic N) is 1. The molecule has 1 fully saturated rings. The predicted octanol–water partition coefficient (Wildman–Crippen LogP) is 5.41. The Balaban J connectivity index is 1.43. The largest absolute Gasteiger partial charge is 0.493 e. The molecule has 0 aliphatic carbocycles. The summed E-state index contributed by atoms with van der Waals surface area (Å²) in [6.45, 7) is 1.89. The summed E-state index contributed by atoms with van der Waals surface area (Å²) in [7, 11) is 0. The highest BCUT2D eigenvalue weighted by atomic mass is 19.1. The number of halogens is 2. The minimum Gasteiger partial charge on any atom is -0.493 e. The van der Waals surface area contributed by atoms with Crippen molar-refractivity contribution < 1.29 is 23.0 Å². The summed E-state index contributed by atoms with van der Waals surface area (Å²) >= 11 is 0. The molecule has 3 aromatic rings. The Morgan fingerprint density at radius 2 is 1.85 bits per heavy atom. The molecule has 0 bridgehead atoms. The van der Waals surface area contributed by atoms with Crippen LogP contribution in [0.1, 0.15) is 34.3 Å². The van der Waals surface area contributed by atoms with Crippen LogP contribution >= 0.6 is 0 Å². The van der Waals surface area contributed by atoms with Gasteiger partial charge in [-0.2, -0.15) is 0 Å². The first kappa shape index (κ1) is 22.9. The molecule has 1 aliphatic rings. The maximum absolute atomic E-state index is 13.8. The molecule has 0 N–H and O–H groups in total. The quantitative estimate of drug-likeness (QED) is 0.437. The van der Waals surface area contributed by atoms with Crippen LogP contribution < -0.4 is 4.74 Å². The van der Waals surface area contributed by atoms with Gasteiger partial charge < -0.3 is 14.4 Å². The van der Waals surface area contributed by atoms with Crippen LogP contribution in [0.5, 0.6) is 5.75 Å². The molecule has 1 aliphatic heterocycles. The molecular weight excluding hydrogens is 424 g/mol. The molecule has 6 heteroatoms. The molecule has 0 saturated carbocycles. The van der Waals surface area contributed by atoms with Gasteiger partial charge in [-0.05, 0) is 66.4 Å². The third kappa shape index (κ3) is 6.39. The van der Waals surface area contributed by atoms with Gasteiger partial charge in [-0.15, -0.1) is 0 Å². The lowest BCUT2D eigenvalue weighted by molar-refractivity contribution is 0.0507. The molecule has 33 heavy (non-hydrogen) atoms. The van der Waals surface area contributed by atoms with Crippen LogP contribution in [0.2, 0.25) is 0 Å². The monoisotopic (exact) mass is 451 g/mol. The second kappa shape index (κ2) is 11.1. The van der Waals surface area contributed by atoms with Crippen molar-refractivity contribution >= 4 is 5.91 Å². The molecule has 0 aromatic heterocycles. The topological polar surface area (TPSA) is 38.8 Å². The molecule has 4 rings (SSSR count). The molecule has 0 spiro atoms. The Bertz CT molecular complexity index is 1060. The van der Waals surface area contributed by atoms with Gasteiger partial charge in [0.2, 0.25) is 0 Å². The molecular formula is C27H27F2NO3. The first-order chi connectivity index (χ1) is 16.1. The highest BCUT2D eigenvalue weighted by Gasteiger charge is 2.24. The van der Waals surface area contributed by atoms with Gasteiger partial charge in [0.25, 0.3) is 5.91 Å². The summed E-state index contributed by atoms with van der Waals surface area (Å²) in [6, 6.07) is 19.8. The minimum absolute atomic E-state index is 0.00500. The van der Waals surface area contributed by atoms with Gasteiger partial charge >= 0.3 is 0 Å². The normalized spacial score (nSPS) is 15.4. The molecule has 1 amide bonds. The van der Waals surface area contributed by atoms with E-state index in [1.54, 1.807) is 23.1 Å². The SMILES string of the molecule is O=C(c1ccc(F)cc1)N(Cc1cccc(OCCc2ccccc2F)c1)CC1CCCO1. The number of hydrogen-bond donors (Lipinski definition) is 0. The first-order valence-electron chi connectivity index (χ1n) is 11.2. The summed E-state index contributed by atoms with van der Waals surface area (Å²) < 4.78 is 38.7. The van der Waals surface area contributed by atoms with E-state index in [1.165, 1.54) is 30.3 Å². The summed E-state index contributed by atoms with van der Waals surface area (Å²) in [5, 5.41) is 0. The Labute approximate surface area is 192 Å². The van der Waals surface area contributed by atoms with E-state index in [4.69, 9.17) is 9.47 Å². The summed E-state index contributed by atoms with van der Waals surface area (Å²) in [5.74, 6) is -0.122. The van der Waals surface area contributed by atoms with Crippen LogP contribution in [0.25, 0.3) is 0 Å². The van der Waals surface area contributed by atoms with Crippen molar-refractivity contribution in [2.75, 3.05) is 19.8 Å². The Morgan fingerprint density at radius 1 is 1.03 bits per heavy atom. The number of hydrogen-bond acceptors (Lipinski definition) is 3. The van der Waals surface area contributed by atoms with Gasteiger partial charge in [-0.25, -0.2) is 8.78 Å². The lowest BCUT2D eigenvalue weighted by Gasteiger charge is -2.26. The van der Waals surface area contributed by atoms with Gasteiger partial charge in [-0.1, -0.05) is 30.3 Å². The fourth-order valence-electron chi connectivity index (χ4n) is 3.96. The summed E-state index contributed by atoms with van der Waals surface area (Å²) in [6.07, 6.45) is 2.35. The lowest BCUT2D eigenvalue weighted by Crippen LogP contribution is -2.37. The zero-order valence-corrected chi connectivity index (χ0v) is 18.4. The maximum Gasteiger partial charge on any atom is 0.254 e. The fourth-order valence-corrected chi connectivity index (χ4v) is 3.96. The molecule has 1 atom stereocenters. The lowest BCUT2D eigenvalue weighted by atomic mass is 10.1. The third-order valence-electron chi connectivity index (χ3n) is 5.70. The van der Waals surface area contributed by atoms with Crippen LogP contribution in [0.3, 0.4) is 0 Å². The second-order valence-corrected chi connectivity index (χ2v) is 8.16. The zero-order chi connectivity index (χ0) is 23.0. The number of ether oxygens (including phenoxy) is 2. The third-order valence-corrected chi connectivity index (χ3v) is 5.70. The Kier molecular flexibility index (Phi) is 7.68. The van der Waals surface area contributed by atoms with Crippen LogP contribution in [-0.4, -0.2) is 36.7 Å². The van der Waals surface area contributed by atoms with E-state index in [2.05, 4.69) is 0 Å². The average Bonchev–Trinajstić information content (AvgIpc) is 3.33. The van der Waals surface area contributed by atoms with Crippen molar-refractivity contribution in [1.82, 2.24) is 4.90 Å². The van der Waals surface area contributed by atoms with E-state index in [-0.39, 0.29) is 23.6 Å². The second-order valence-electron chi connectivity index (χ2n) is 8.16. The minimum atomic E-state index is -0.377. The predicted molar refractivity (Wildman–Crippen MR) is 122 cm³/mol. The molecule has 4 nitrogen and oxygen atoms in total. The van der Waals surface area contributed by atoms with Crippen molar-refractivity contribution in [1.29, 1.82) is 0 Å². The van der Waals surface area contributed by atoms with Crippen molar-refractivity contribution in [3.8, 4) is 5.75 Å². The molecule has 1 unspecified atom stereocenters. The maximum atomic E-state index is 13.8. The van der Waals surface area contributed by atoms with Gasteiger partial charge in [0.15, 0.2) is 0 Å². The van der Waals surface area contributed by atoms with Crippen LogP contribution in [0.4, 0.5) is 8.78 Å². The number of rotatable bonds is 9. The highest BCUT2D eigenvalue weighted by Crippen LogP contribution is 2.20. The van der Waals surface area contributed by atoms with Crippen LogP contribution in [-0.2, 0) is 17.7 Å². The average molecular weight is 452 g/mol. The van der Waals surface area contributed by atoms with E-state index in [9.17, 15) is 13.6 Å². The first-order valence-corrected chi connectivity index (χ1v) is 11.2. The molecule has 0 radical (unpaired) electrons. The Morgan fingerprint density at radius 3 is 2.61 bits per heavy atom. The van der Waals surface area contributed by atoms with Crippen molar-refractivity contribution in [3.63, 3.8) is 0 Å². The van der Waals surface area contributed by atoms with E-state index in [0.29, 0.717) is 49.6 Å². The van der Waals surface area contributed by atoms with Gasteiger partial charge in [0.05, 0.1) is 12.7 Å². The van der Waals surface area contributed by atoms with E-state index < -0.39 is 0 Å².